The number of benzene rings is 1. The third kappa shape index (κ3) is 3.30. The minimum absolute atomic E-state index is 0.275. The number of halogens is 1. The summed E-state index contributed by atoms with van der Waals surface area (Å²) in [5.41, 5.74) is 1.03. The van der Waals surface area contributed by atoms with E-state index < -0.39 is 0 Å². The number of nitrogens with one attached hydrogen (secondary N) is 1. The largest absolute Gasteiger partial charge is 0.508 e. The van der Waals surface area contributed by atoms with E-state index in [4.69, 9.17) is 0 Å². The van der Waals surface area contributed by atoms with E-state index in [0.29, 0.717) is 17.8 Å². The Morgan fingerprint density at radius 1 is 1.47 bits per heavy atom. The third-order valence-electron chi connectivity index (χ3n) is 3.95. The molecular formula is C15H23BrN2O. The highest BCUT2D eigenvalue weighted by Gasteiger charge is 2.30. The molecule has 3 nitrogen and oxygen atoms in total. The molecule has 0 amide bonds. The fraction of sp³-hybridized carbons (Fsp3) is 0.600. The number of phenolic OH excluding ortho intramolecular Hbond substituents is 1. The second kappa shape index (κ2) is 6.25. The van der Waals surface area contributed by atoms with Crippen LogP contribution in [0.3, 0.4) is 0 Å². The summed E-state index contributed by atoms with van der Waals surface area (Å²) >= 11 is 3.50. The summed E-state index contributed by atoms with van der Waals surface area (Å²) in [5.74, 6) is 0.397. The van der Waals surface area contributed by atoms with Gasteiger partial charge in [0.05, 0.1) is 0 Å². The van der Waals surface area contributed by atoms with E-state index in [-0.39, 0.29) is 6.04 Å². The summed E-state index contributed by atoms with van der Waals surface area (Å²) in [6, 6.07) is 6.97. The summed E-state index contributed by atoms with van der Waals surface area (Å²) in [7, 11) is 0. The number of hydrogen-bond acceptors (Lipinski definition) is 3. The summed E-state index contributed by atoms with van der Waals surface area (Å²) < 4.78 is 1.02. The van der Waals surface area contributed by atoms with Crippen LogP contribution in [0.1, 0.15) is 38.8 Å². The van der Waals surface area contributed by atoms with Crippen LogP contribution < -0.4 is 5.32 Å². The van der Waals surface area contributed by atoms with Crippen LogP contribution in [-0.2, 0) is 0 Å². The van der Waals surface area contributed by atoms with Crippen molar-refractivity contribution in [3.8, 4) is 5.75 Å². The topological polar surface area (TPSA) is 35.5 Å². The highest BCUT2D eigenvalue weighted by Crippen LogP contribution is 2.35. The molecule has 4 heteroatoms. The Morgan fingerprint density at radius 3 is 2.89 bits per heavy atom. The predicted octanol–water partition coefficient (Wildman–Crippen LogP) is 3.29. The van der Waals surface area contributed by atoms with Crippen molar-refractivity contribution in [2.75, 3.05) is 13.1 Å². The Morgan fingerprint density at radius 2 is 2.21 bits per heavy atom. The summed E-state index contributed by atoms with van der Waals surface area (Å²) in [6.45, 7) is 8.67. The van der Waals surface area contributed by atoms with Crippen LogP contribution in [0.4, 0.5) is 0 Å². The minimum Gasteiger partial charge on any atom is -0.508 e. The first kappa shape index (κ1) is 14.8. The molecule has 1 aromatic rings. The molecule has 3 unspecified atom stereocenters. The molecule has 0 spiro atoms. The molecule has 1 aromatic carbocycles. The fourth-order valence-electron chi connectivity index (χ4n) is 2.91. The number of piperazine rings is 1. The molecule has 0 aliphatic carbocycles. The van der Waals surface area contributed by atoms with Crippen molar-refractivity contribution < 1.29 is 5.11 Å². The predicted molar refractivity (Wildman–Crippen MR) is 82.5 cm³/mol. The van der Waals surface area contributed by atoms with Crippen LogP contribution in [-0.4, -0.2) is 35.2 Å². The van der Waals surface area contributed by atoms with Crippen molar-refractivity contribution in [1.29, 1.82) is 0 Å². The zero-order valence-electron chi connectivity index (χ0n) is 11.9. The van der Waals surface area contributed by atoms with Crippen LogP contribution in [0.5, 0.6) is 5.75 Å². The van der Waals surface area contributed by atoms with Crippen molar-refractivity contribution in [2.24, 2.45) is 0 Å². The van der Waals surface area contributed by atoms with Gasteiger partial charge in [0.2, 0.25) is 0 Å². The van der Waals surface area contributed by atoms with Crippen LogP contribution in [0.25, 0.3) is 0 Å². The van der Waals surface area contributed by atoms with Crippen LogP contribution in [0.2, 0.25) is 0 Å². The van der Waals surface area contributed by atoms with Gasteiger partial charge in [0.1, 0.15) is 5.75 Å². The monoisotopic (exact) mass is 326 g/mol. The lowest BCUT2D eigenvalue weighted by molar-refractivity contribution is 0.0907. The quantitative estimate of drug-likeness (QED) is 0.894. The molecule has 1 fully saturated rings. The van der Waals surface area contributed by atoms with E-state index in [1.165, 1.54) is 0 Å². The number of hydrogen-bond donors (Lipinski definition) is 2. The fourth-order valence-corrected chi connectivity index (χ4v) is 3.29. The van der Waals surface area contributed by atoms with E-state index in [1.54, 1.807) is 6.07 Å². The summed E-state index contributed by atoms with van der Waals surface area (Å²) in [6.07, 6.45) is 1.00. The number of phenols is 1. The molecule has 1 aliphatic heterocycles. The average molecular weight is 327 g/mol. The van der Waals surface area contributed by atoms with Gasteiger partial charge in [-0.1, -0.05) is 22.9 Å². The van der Waals surface area contributed by atoms with Gasteiger partial charge in [0.25, 0.3) is 0 Å². The molecule has 19 heavy (non-hydrogen) atoms. The van der Waals surface area contributed by atoms with Crippen LogP contribution in [0, 0.1) is 0 Å². The lowest BCUT2D eigenvalue weighted by Crippen LogP contribution is -2.55. The van der Waals surface area contributed by atoms with Crippen molar-refractivity contribution in [3.05, 3.63) is 28.2 Å². The van der Waals surface area contributed by atoms with Gasteiger partial charge in [0, 0.05) is 41.3 Å². The normalized spacial score (nSPS) is 26.3. The Bertz CT molecular complexity index is 438. The number of rotatable bonds is 3. The molecule has 0 aromatic heterocycles. The van der Waals surface area contributed by atoms with E-state index in [1.807, 2.05) is 12.1 Å². The summed E-state index contributed by atoms with van der Waals surface area (Å²) in [4.78, 5) is 2.50. The van der Waals surface area contributed by atoms with Gasteiger partial charge in [-0.2, -0.15) is 0 Å². The molecule has 1 heterocycles. The van der Waals surface area contributed by atoms with Gasteiger partial charge in [-0.3, -0.25) is 4.90 Å². The Kier molecular flexibility index (Phi) is 4.87. The van der Waals surface area contributed by atoms with E-state index >= 15 is 0 Å². The van der Waals surface area contributed by atoms with Crippen molar-refractivity contribution in [2.45, 2.75) is 45.3 Å². The maximum Gasteiger partial charge on any atom is 0.120 e. The summed E-state index contributed by atoms with van der Waals surface area (Å²) in [5, 5.41) is 13.7. The molecule has 0 bridgehead atoms. The first-order chi connectivity index (χ1) is 9.02. The zero-order valence-corrected chi connectivity index (χ0v) is 13.4. The Labute approximate surface area is 124 Å². The molecule has 3 atom stereocenters. The van der Waals surface area contributed by atoms with Crippen molar-refractivity contribution in [3.63, 3.8) is 0 Å². The Balaban J connectivity index is 2.30. The molecule has 0 saturated carbocycles. The van der Waals surface area contributed by atoms with E-state index in [2.05, 4.69) is 46.9 Å². The van der Waals surface area contributed by atoms with E-state index in [0.717, 1.165) is 29.5 Å². The number of nitrogens with zero attached hydrogens (tertiary/aromatic N) is 1. The SMILES string of the molecule is CCC(c1cc(Br)ccc1O)N1CC(C)NCC1C. The highest BCUT2D eigenvalue weighted by atomic mass is 79.9. The number of aromatic hydroxyl groups is 1. The smallest absolute Gasteiger partial charge is 0.120 e. The molecule has 2 rings (SSSR count). The van der Waals surface area contributed by atoms with E-state index in [9.17, 15) is 5.11 Å². The lowest BCUT2D eigenvalue weighted by Gasteiger charge is -2.42. The second-order valence-corrected chi connectivity index (χ2v) is 6.40. The van der Waals surface area contributed by atoms with Gasteiger partial charge in [-0.05, 0) is 38.5 Å². The standard InChI is InChI=1S/C15H23BrN2O/c1-4-14(13-7-12(16)5-6-15(13)19)18-9-10(2)17-8-11(18)3/h5-7,10-11,14,17,19H,4,8-9H2,1-3H3. The van der Waals surface area contributed by atoms with Gasteiger partial charge >= 0.3 is 0 Å². The molecule has 1 saturated heterocycles. The van der Waals surface area contributed by atoms with Crippen molar-refractivity contribution in [1.82, 2.24) is 10.2 Å². The zero-order chi connectivity index (χ0) is 14.0. The average Bonchev–Trinajstić information content (AvgIpc) is 2.38. The van der Waals surface area contributed by atoms with Gasteiger partial charge in [0.15, 0.2) is 0 Å². The molecular weight excluding hydrogens is 304 g/mol. The third-order valence-corrected chi connectivity index (χ3v) is 4.44. The van der Waals surface area contributed by atoms with Gasteiger partial charge in [-0.25, -0.2) is 0 Å². The van der Waals surface area contributed by atoms with Crippen LogP contribution >= 0.6 is 15.9 Å². The van der Waals surface area contributed by atoms with Crippen LogP contribution in [0.15, 0.2) is 22.7 Å². The highest BCUT2D eigenvalue weighted by molar-refractivity contribution is 9.10. The van der Waals surface area contributed by atoms with Gasteiger partial charge in [-0.15, -0.1) is 0 Å². The molecule has 0 radical (unpaired) electrons. The van der Waals surface area contributed by atoms with Gasteiger partial charge < -0.3 is 10.4 Å². The first-order valence-corrected chi connectivity index (χ1v) is 7.79. The molecule has 1 aliphatic rings. The molecule has 2 N–H and O–H groups in total. The molecule has 106 valence electrons. The minimum atomic E-state index is 0.275. The second-order valence-electron chi connectivity index (χ2n) is 5.48. The maximum absolute atomic E-state index is 10.2. The lowest BCUT2D eigenvalue weighted by atomic mass is 9.98. The first-order valence-electron chi connectivity index (χ1n) is 7.00. The maximum atomic E-state index is 10.2. The van der Waals surface area contributed by atoms with Crippen molar-refractivity contribution >= 4 is 15.9 Å². The Hall–Kier alpha value is -0.580.